The van der Waals surface area contributed by atoms with Crippen molar-refractivity contribution in [3.63, 3.8) is 0 Å². The molecule has 0 spiro atoms. The summed E-state index contributed by atoms with van der Waals surface area (Å²) in [4.78, 5) is 27.1. The lowest BCUT2D eigenvalue weighted by molar-refractivity contribution is -0.204. The first-order chi connectivity index (χ1) is 16.1. The Balaban J connectivity index is 1.63. The molecule has 0 heterocycles. The number of hydrogen-bond acceptors (Lipinski definition) is 4. The monoisotopic (exact) mass is 484 g/mol. The SMILES string of the molecule is COC(=O)C12CCC(C)(C)CC1C1=CCC3C4(C)C(=O)CC(O)C(C)(C)C4CCC3(C)C1(C)CC2. The van der Waals surface area contributed by atoms with Crippen LogP contribution in [0, 0.1) is 50.2 Å². The number of aliphatic hydroxyl groups excluding tert-OH is 1. The fraction of sp³-hybridized carbons (Fsp3) is 0.871. The van der Waals surface area contributed by atoms with Crippen LogP contribution in [0.2, 0.25) is 0 Å². The van der Waals surface area contributed by atoms with Crippen molar-refractivity contribution in [3.05, 3.63) is 11.6 Å². The van der Waals surface area contributed by atoms with E-state index >= 15 is 0 Å². The van der Waals surface area contributed by atoms with E-state index in [4.69, 9.17) is 4.74 Å². The highest BCUT2D eigenvalue weighted by molar-refractivity contribution is 5.87. The Morgan fingerprint density at radius 1 is 0.971 bits per heavy atom. The van der Waals surface area contributed by atoms with E-state index in [1.54, 1.807) is 7.11 Å². The smallest absolute Gasteiger partial charge is 0.312 e. The molecule has 1 N–H and O–H groups in total. The van der Waals surface area contributed by atoms with Gasteiger partial charge in [0.25, 0.3) is 0 Å². The van der Waals surface area contributed by atoms with E-state index in [2.05, 4.69) is 54.5 Å². The Kier molecular flexibility index (Phi) is 5.43. The second-order valence-electron chi connectivity index (χ2n) is 15.1. The van der Waals surface area contributed by atoms with Gasteiger partial charge < -0.3 is 9.84 Å². The molecular weight excluding hydrogens is 436 g/mol. The first-order valence-corrected chi connectivity index (χ1v) is 14.1. The van der Waals surface area contributed by atoms with Crippen molar-refractivity contribution in [2.75, 3.05) is 7.11 Å². The van der Waals surface area contributed by atoms with Crippen molar-refractivity contribution in [3.8, 4) is 0 Å². The number of esters is 1. The number of rotatable bonds is 1. The van der Waals surface area contributed by atoms with Crippen LogP contribution in [0.25, 0.3) is 0 Å². The second-order valence-corrected chi connectivity index (χ2v) is 15.1. The third kappa shape index (κ3) is 3.01. The van der Waals surface area contributed by atoms with Gasteiger partial charge in [0.1, 0.15) is 5.78 Å². The summed E-state index contributed by atoms with van der Waals surface area (Å²) in [5.41, 5.74) is 0.609. The molecule has 5 aliphatic rings. The Bertz CT molecular complexity index is 976. The van der Waals surface area contributed by atoms with E-state index in [1.165, 1.54) is 5.57 Å². The van der Waals surface area contributed by atoms with Crippen LogP contribution in [0.3, 0.4) is 0 Å². The molecule has 5 aliphatic carbocycles. The molecule has 8 atom stereocenters. The van der Waals surface area contributed by atoms with Crippen LogP contribution < -0.4 is 0 Å². The molecular formula is C31H48O4. The maximum atomic E-state index is 13.8. The Morgan fingerprint density at radius 2 is 1.63 bits per heavy atom. The number of fused-ring (bicyclic) bond motifs is 7. The standard InChI is InChI=1S/C31H48O4/c1-26(2)13-15-31(25(34)35-8)16-14-28(5)19(20(31)18-26)9-10-22-29(28,6)12-11-21-27(3,4)23(32)17-24(33)30(21,22)7/h9,20-23,32H,10-18H2,1-8H3. The quantitative estimate of drug-likeness (QED) is 0.341. The normalized spacial score (nSPS) is 50.1. The molecule has 0 bridgehead atoms. The van der Waals surface area contributed by atoms with Crippen LogP contribution in [-0.2, 0) is 14.3 Å². The van der Waals surface area contributed by atoms with E-state index in [9.17, 15) is 14.7 Å². The maximum Gasteiger partial charge on any atom is 0.312 e. The molecule has 0 aromatic heterocycles. The van der Waals surface area contributed by atoms with Crippen molar-refractivity contribution in [2.45, 2.75) is 112 Å². The largest absolute Gasteiger partial charge is 0.469 e. The van der Waals surface area contributed by atoms with Gasteiger partial charge in [-0.25, -0.2) is 0 Å². The number of methoxy groups -OCH3 is 1. The predicted molar refractivity (Wildman–Crippen MR) is 137 cm³/mol. The lowest BCUT2D eigenvalue weighted by atomic mass is 9.33. The zero-order valence-electron chi connectivity index (χ0n) is 23.4. The minimum atomic E-state index is -0.553. The second kappa shape index (κ2) is 7.45. The molecule has 4 fully saturated rings. The van der Waals surface area contributed by atoms with Crippen molar-refractivity contribution < 1.29 is 19.4 Å². The van der Waals surface area contributed by atoms with E-state index in [-0.39, 0.29) is 57.6 Å². The minimum absolute atomic E-state index is 0.000233. The van der Waals surface area contributed by atoms with E-state index in [1.807, 2.05) is 0 Å². The van der Waals surface area contributed by atoms with Gasteiger partial charge in [-0.1, -0.05) is 60.1 Å². The van der Waals surface area contributed by atoms with Gasteiger partial charge in [-0.2, -0.15) is 0 Å². The van der Waals surface area contributed by atoms with Crippen LogP contribution in [0.15, 0.2) is 11.6 Å². The van der Waals surface area contributed by atoms with Crippen LogP contribution in [-0.4, -0.2) is 30.1 Å². The van der Waals surface area contributed by atoms with E-state index < -0.39 is 16.9 Å². The van der Waals surface area contributed by atoms with Crippen molar-refractivity contribution >= 4 is 11.8 Å². The first kappa shape index (κ1) is 25.5. The number of carbonyl (C=O) groups is 2. The average Bonchev–Trinajstić information content (AvgIpc) is 2.77. The number of hydrogen-bond donors (Lipinski definition) is 1. The molecule has 0 saturated heterocycles. The maximum absolute atomic E-state index is 13.8. The van der Waals surface area contributed by atoms with Crippen LogP contribution in [0.4, 0.5) is 0 Å². The Labute approximate surface area is 212 Å². The lowest BCUT2D eigenvalue weighted by Crippen LogP contribution is -2.67. The number of ketones is 1. The van der Waals surface area contributed by atoms with Crippen LogP contribution in [0.5, 0.6) is 0 Å². The van der Waals surface area contributed by atoms with Crippen LogP contribution in [0.1, 0.15) is 106 Å². The Hall–Kier alpha value is -1.16. The van der Waals surface area contributed by atoms with Crippen LogP contribution >= 0.6 is 0 Å². The van der Waals surface area contributed by atoms with Gasteiger partial charge in [-0.05, 0) is 90.8 Å². The van der Waals surface area contributed by atoms with Gasteiger partial charge >= 0.3 is 5.97 Å². The zero-order chi connectivity index (χ0) is 25.8. The highest BCUT2D eigenvalue weighted by Crippen LogP contribution is 2.75. The first-order valence-electron chi connectivity index (χ1n) is 14.1. The summed E-state index contributed by atoms with van der Waals surface area (Å²) < 4.78 is 5.46. The van der Waals surface area contributed by atoms with Gasteiger partial charge in [-0.3, -0.25) is 9.59 Å². The summed E-state index contributed by atoms with van der Waals surface area (Å²) >= 11 is 0. The molecule has 0 radical (unpaired) electrons. The summed E-state index contributed by atoms with van der Waals surface area (Å²) in [6.45, 7) is 16.2. The molecule has 4 saturated carbocycles. The number of carbonyl (C=O) groups excluding carboxylic acids is 2. The highest BCUT2D eigenvalue weighted by Gasteiger charge is 2.71. The van der Waals surface area contributed by atoms with Crippen molar-refractivity contribution in [1.29, 1.82) is 0 Å². The minimum Gasteiger partial charge on any atom is -0.469 e. The van der Waals surface area contributed by atoms with E-state index in [0.29, 0.717) is 0 Å². The van der Waals surface area contributed by atoms with Gasteiger partial charge in [-0.15, -0.1) is 0 Å². The fourth-order valence-corrected chi connectivity index (χ4v) is 10.5. The van der Waals surface area contributed by atoms with Crippen molar-refractivity contribution in [2.24, 2.45) is 50.2 Å². The lowest BCUT2D eigenvalue weighted by Gasteiger charge is -2.70. The molecule has 35 heavy (non-hydrogen) atoms. The molecule has 8 unspecified atom stereocenters. The molecule has 4 nitrogen and oxygen atoms in total. The van der Waals surface area contributed by atoms with Gasteiger partial charge in [0, 0.05) is 11.8 Å². The molecule has 5 rings (SSSR count). The summed E-state index contributed by atoms with van der Waals surface area (Å²) in [5.74, 6) is 0.950. The summed E-state index contributed by atoms with van der Waals surface area (Å²) in [6, 6.07) is 0. The summed E-state index contributed by atoms with van der Waals surface area (Å²) in [6.07, 6.45) is 10.1. The van der Waals surface area contributed by atoms with Crippen molar-refractivity contribution in [1.82, 2.24) is 0 Å². The average molecular weight is 485 g/mol. The van der Waals surface area contributed by atoms with Gasteiger partial charge in [0.2, 0.25) is 0 Å². The molecule has 0 aromatic rings. The number of ether oxygens (including phenoxy) is 1. The molecule has 4 heteroatoms. The Morgan fingerprint density at radius 3 is 2.29 bits per heavy atom. The number of allylic oxidation sites excluding steroid dienone is 2. The van der Waals surface area contributed by atoms with E-state index in [0.717, 1.165) is 51.4 Å². The number of Topliss-reactive ketones (excluding diaryl/α,β-unsaturated/α-hetero) is 1. The molecule has 0 amide bonds. The zero-order valence-corrected chi connectivity index (χ0v) is 23.4. The van der Waals surface area contributed by atoms with Gasteiger partial charge in [0.15, 0.2) is 0 Å². The third-order valence-electron chi connectivity index (χ3n) is 13.1. The predicted octanol–water partition coefficient (Wildman–Crippen LogP) is 6.50. The molecule has 0 aromatic carbocycles. The topological polar surface area (TPSA) is 63.6 Å². The summed E-state index contributed by atoms with van der Waals surface area (Å²) in [5, 5.41) is 10.9. The number of aliphatic hydroxyl groups is 1. The third-order valence-corrected chi connectivity index (χ3v) is 13.1. The van der Waals surface area contributed by atoms with Gasteiger partial charge in [0.05, 0.1) is 18.6 Å². The summed E-state index contributed by atoms with van der Waals surface area (Å²) in [7, 11) is 1.56. The molecule has 0 aliphatic heterocycles. The highest BCUT2D eigenvalue weighted by atomic mass is 16.5. The fourth-order valence-electron chi connectivity index (χ4n) is 10.5. The molecule has 196 valence electrons.